The monoisotopic (exact) mass is 282 g/mol. The highest BCUT2D eigenvalue weighted by Crippen LogP contribution is 2.23. The summed E-state index contributed by atoms with van der Waals surface area (Å²) in [5.74, 6) is 0.0730. The molecule has 0 aliphatic carbocycles. The van der Waals surface area contributed by atoms with Crippen LogP contribution in [0.3, 0.4) is 0 Å². The number of thioether (sulfide) groups is 1. The van der Waals surface area contributed by atoms with Crippen molar-refractivity contribution in [1.29, 1.82) is 0 Å². The first-order valence-corrected chi connectivity index (χ1v) is 6.70. The molecule has 0 spiro atoms. The second kappa shape index (κ2) is 7.16. The van der Waals surface area contributed by atoms with E-state index in [0.29, 0.717) is 11.3 Å². The van der Waals surface area contributed by atoms with Gasteiger partial charge in [-0.3, -0.25) is 14.4 Å². The van der Waals surface area contributed by atoms with Gasteiger partial charge in [0.15, 0.2) is 0 Å². The standard InChI is InChI=1S/C13H18N2O3S/c1-14(2)12(16)9-19-11-8-6-5-7-10(11)13(17)15(3)18-4/h5-8H,9H2,1-4H3. The largest absolute Gasteiger partial charge is 0.348 e. The third-order valence-electron chi connectivity index (χ3n) is 2.53. The smallest absolute Gasteiger partial charge is 0.278 e. The van der Waals surface area contributed by atoms with Crippen LogP contribution in [0, 0.1) is 0 Å². The fraction of sp³-hybridized carbons (Fsp3) is 0.385. The molecule has 1 aromatic rings. The summed E-state index contributed by atoms with van der Waals surface area (Å²) in [4.78, 5) is 30.8. The number of benzene rings is 1. The Bertz CT molecular complexity index is 463. The van der Waals surface area contributed by atoms with Crippen molar-refractivity contribution in [3.63, 3.8) is 0 Å². The van der Waals surface area contributed by atoms with Crippen molar-refractivity contribution in [2.24, 2.45) is 0 Å². The molecule has 1 aromatic carbocycles. The van der Waals surface area contributed by atoms with Crippen LogP contribution >= 0.6 is 11.8 Å². The van der Waals surface area contributed by atoms with Crippen LogP contribution in [0.1, 0.15) is 10.4 Å². The highest BCUT2D eigenvalue weighted by Gasteiger charge is 2.16. The zero-order valence-electron chi connectivity index (χ0n) is 11.5. The zero-order chi connectivity index (χ0) is 14.4. The molecule has 6 heteroatoms. The van der Waals surface area contributed by atoms with Gasteiger partial charge in [0, 0.05) is 26.0 Å². The van der Waals surface area contributed by atoms with Gasteiger partial charge in [0.05, 0.1) is 18.4 Å². The number of hydrogen-bond donors (Lipinski definition) is 0. The molecule has 0 aliphatic heterocycles. The molecule has 5 nitrogen and oxygen atoms in total. The molecule has 0 heterocycles. The maximum atomic E-state index is 12.1. The average molecular weight is 282 g/mol. The minimum atomic E-state index is -0.233. The number of hydroxylamine groups is 2. The van der Waals surface area contributed by atoms with Crippen molar-refractivity contribution in [3.05, 3.63) is 29.8 Å². The molecule has 0 aromatic heterocycles. The van der Waals surface area contributed by atoms with E-state index in [4.69, 9.17) is 4.84 Å². The van der Waals surface area contributed by atoms with Gasteiger partial charge < -0.3 is 4.90 Å². The van der Waals surface area contributed by atoms with Crippen LogP contribution < -0.4 is 0 Å². The number of amides is 2. The second-order valence-corrected chi connectivity index (χ2v) is 5.08. The van der Waals surface area contributed by atoms with Gasteiger partial charge in [-0.2, -0.15) is 0 Å². The average Bonchev–Trinajstić information content (AvgIpc) is 2.43. The van der Waals surface area contributed by atoms with Crippen LogP contribution in [0.15, 0.2) is 29.2 Å². The van der Waals surface area contributed by atoms with Crippen LogP contribution in [-0.4, -0.2) is 55.8 Å². The predicted molar refractivity (Wildman–Crippen MR) is 75.0 cm³/mol. The van der Waals surface area contributed by atoms with E-state index >= 15 is 0 Å². The molecular weight excluding hydrogens is 264 g/mol. The van der Waals surface area contributed by atoms with E-state index in [9.17, 15) is 9.59 Å². The molecule has 0 radical (unpaired) electrons. The molecule has 0 unspecified atom stereocenters. The number of carbonyl (C=O) groups excluding carboxylic acids is 2. The maximum Gasteiger partial charge on any atom is 0.278 e. The normalized spacial score (nSPS) is 10.1. The van der Waals surface area contributed by atoms with E-state index in [0.717, 1.165) is 9.96 Å². The van der Waals surface area contributed by atoms with Gasteiger partial charge in [-0.1, -0.05) is 12.1 Å². The zero-order valence-corrected chi connectivity index (χ0v) is 12.4. The lowest BCUT2D eigenvalue weighted by molar-refractivity contribution is -0.125. The summed E-state index contributed by atoms with van der Waals surface area (Å²) in [7, 11) is 6.40. The topological polar surface area (TPSA) is 49.9 Å². The summed E-state index contributed by atoms with van der Waals surface area (Å²) < 4.78 is 0. The molecule has 0 saturated carbocycles. The minimum Gasteiger partial charge on any atom is -0.348 e. The Kier molecular flexibility index (Phi) is 5.85. The van der Waals surface area contributed by atoms with Crippen molar-refractivity contribution in [1.82, 2.24) is 9.96 Å². The van der Waals surface area contributed by atoms with Crippen molar-refractivity contribution >= 4 is 23.6 Å². The predicted octanol–water partition coefficient (Wildman–Crippen LogP) is 1.50. The summed E-state index contributed by atoms with van der Waals surface area (Å²) in [5, 5.41) is 1.16. The third kappa shape index (κ3) is 4.25. The van der Waals surface area contributed by atoms with Crippen molar-refractivity contribution in [3.8, 4) is 0 Å². The van der Waals surface area contributed by atoms with E-state index in [1.807, 2.05) is 12.1 Å². The first kappa shape index (κ1) is 15.5. The fourth-order valence-corrected chi connectivity index (χ4v) is 2.31. The number of rotatable bonds is 5. The van der Waals surface area contributed by atoms with E-state index in [-0.39, 0.29) is 11.8 Å². The third-order valence-corrected chi connectivity index (χ3v) is 3.59. The van der Waals surface area contributed by atoms with Crippen molar-refractivity contribution in [2.75, 3.05) is 34.0 Å². The van der Waals surface area contributed by atoms with E-state index in [2.05, 4.69) is 0 Å². The minimum absolute atomic E-state index is 0.00680. The molecule has 19 heavy (non-hydrogen) atoms. The number of nitrogens with zero attached hydrogens (tertiary/aromatic N) is 2. The van der Waals surface area contributed by atoms with Crippen LogP contribution in [-0.2, 0) is 9.63 Å². The Morgan fingerprint density at radius 2 is 1.84 bits per heavy atom. The summed E-state index contributed by atoms with van der Waals surface area (Å²) in [6.45, 7) is 0. The lowest BCUT2D eigenvalue weighted by atomic mass is 10.2. The van der Waals surface area contributed by atoms with Gasteiger partial charge in [0.2, 0.25) is 5.91 Å². The lowest BCUT2D eigenvalue weighted by Gasteiger charge is -2.16. The van der Waals surface area contributed by atoms with Crippen molar-refractivity contribution < 1.29 is 14.4 Å². The maximum absolute atomic E-state index is 12.1. The van der Waals surface area contributed by atoms with Gasteiger partial charge in [0.1, 0.15) is 0 Å². The Balaban J connectivity index is 2.84. The summed E-state index contributed by atoms with van der Waals surface area (Å²) in [5.41, 5.74) is 0.531. The molecule has 0 aliphatic rings. The van der Waals surface area contributed by atoms with Gasteiger partial charge in [-0.05, 0) is 12.1 Å². The molecule has 0 N–H and O–H groups in total. The first-order chi connectivity index (χ1) is 8.97. The quantitative estimate of drug-likeness (QED) is 0.606. The summed E-state index contributed by atoms with van der Waals surface area (Å²) in [6, 6.07) is 7.17. The molecule has 0 saturated heterocycles. The van der Waals surface area contributed by atoms with Gasteiger partial charge in [-0.15, -0.1) is 11.8 Å². The fourth-order valence-electron chi connectivity index (χ4n) is 1.29. The van der Waals surface area contributed by atoms with E-state index in [1.165, 1.54) is 23.8 Å². The highest BCUT2D eigenvalue weighted by molar-refractivity contribution is 8.00. The van der Waals surface area contributed by atoms with Crippen LogP contribution in [0.5, 0.6) is 0 Å². The SMILES string of the molecule is CON(C)C(=O)c1ccccc1SCC(=O)N(C)C. The van der Waals surface area contributed by atoms with Crippen LogP contribution in [0.4, 0.5) is 0 Å². The van der Waals surface area contributed by atoms with Gasteiger partial charge in [-0.25, -0.2) is 5.06 Å². The number of carbonyl (C=O) groups is 2. The molecule has 0 atom stereocenters. The molecule has 0 fully saturated rings. The summed E-state index contributed by atoms with van der Waals surface area (Å²) >= 11 is 1.35. The van der Waals surface area contributed by atoms with E-state index in [1.54, 1.807) is 33.3 Å². The van der Waals surface area contributed by atoms with Crippen LogP contribution in [0.25, 0.3) is 0 Å². The highest BCUT2D eigenvalue weighted by atomic mass is 32.2. The molecule has 1 rings (SSSR count). The second-order valence-electron chi connectivity index (χ2n) is 4.06. The van der Waals surface area contributed by atoms with Crippen molar-refractivity contribution in [2.45, 2.75) is 4.90 Å². The Morgan fingerprint density at radius 1 is 1.21 bits per heavy atom. The first-order valence-electron chi connectivity index (χ1n) is 5.71. The molecule has 0 bridgehead atoms. The molecule has 2 amide bonds. The Morgan fingerprint density at radius 3 is 2.42 bits per heavy atom. The van der Waals surface area contributed by atoms with E-state index < -0.39 is 0 Å². The summed E-state index contributed by atoms with van der Waals surface area (Å²) in [6.07, 6.45) is 0. The van der Waals surface area contributed by atoms with Crippen LogP contribution in [0.2, 0.25) is 0 Å². The molecular formula is C13H18N2O3S. The number of hydrogen-bond acceptors (Lipinski definition) is 4. The Hall–Kier alpha value is -1.53. The Labute approximate surface area is 117 Å². The van der Waals surface area contributed by atoms with Gasteiger partial charge >= 0.3 is 0 Å². The van der Waals surface area contributed by atoms with Gasteiger partial charge in [0.25, 0.3) is 5.91 Å². The lowest BCUT2D eigenvalue weighted by Crippen LogP contribution is -2.26. The molecule has 104 valence electrons.